The number of rotatable bonds is 10. The Labute approximate surface area is 575 Å². The van der Waals surface area contributed by atoms with Crippen molar-refractivity contribution >= 4 is 112 Å². The lowest BCUT2D eigenvalue weighted by Gasteiger charge is -2.43. The van der Waals surface area contributed by atoms with Crippen LogP contribution >= 0.6 is 0 Å². The van der Waals surface area contributed by atoms with Gasteiger partial charge in [0.2, 0.25) is 0 Å². The highest BCUT2D eigenvalue weighted by molar-refractivity contribution is 6.12. The molecule has 0 N–H and O–H groups in total. The Hall–Kier alpha value is -13.7. The number of nitrogens with zero attached hydrogens (tertiary/aromatic N) is 8. The number of hydrogen-bond acceptors (Lipinski definition) is 8. The molecule has 0 unspecified atom stereocenters. The Kier molecular flexibility index (Phi) is 13.6. The largest absolute Gasteiger partial charge is 0.306 e. The highest BCUT2D eigenvalue weighted by Crippen LogP contribution is 2.61. The Morgan fingerprint density at radius 3 is 0.940 bits per heavy atom. The quantitative estimate of drug-likeness (QED) is 0.125. The monoisotopic (exact) mass is 1280 g/mol. The predicted octanol–water partition coefficient (Wildman–Crippen LogP) is 22.6. The van der Waals surface area contributed by atoms with Gasteiger partial charge in [-0.2, -0.15) is 0 Å². The van der Waals surface area contributed by atoms with Crippen molar-refractivity contribution in [1.29, 1.82) is 0 Å². The van der Waals surface area contributed by atoms with Crippen molar-refractivity contribution in [2.24, 2.45) is 0 Å². The summed E-state index contributed by atoms with van der Waals surface area (Å²) in [6.07, 6.45) is 0. The van der Waals surface area contributed by atoms with Gasteiger partial charge in [0.25, 0.3) is 0 Å². The first-order valence-electron chi connectivity index (χ1n) is 33.6. The van der Waals surface area contributed by atoms with Crippen molar-refractivity contribution in [2.45, 2.75) is 0 Å². The van der Waals surface area contributed by atoms with E-state index in [1.807, 2.05) is 103 Å². The Morgan fingerprint density at radius 2 is 0.530 bits per heavy atom. The lowest BCUT2D eigenvalue weighted by Crippen LogP contribution is -2.29. The normalized spacial score (nSPS) is 12.4. The van der Waals surface area contributed by atoms with E-state index >= 15 is 9.59 Å². The van der Waals surface area contributed by atoms with Crippen molar-refractivity contribution in [2.75, 3.05) is 19.6 Å². The van der Waals surface area contributed by atoms with Crippen LogP contribution in [0.1, 0.15) is 0 Å². The van der Waals surface area contributed by atoms with Crippen LogP contribution in [-0.2, 0) is 0 Å². The van der Waals surface area contributed by atoms with Gasteiger partial charge in [-0.25, -0.2) is 9.97 Å². The zero-order valence-electron chi connectivity index (χ0n) is 53.9. The van der Waals surface area contributed by atoms with Gasteiger partial charge in [0.05, 0.1) is 79.0 Å². The third-order valence-corrected chi connectivity index (χ3v) is 19.5. The maximum atomic E-state index is 15.5. The maximum Gasteiger partial charge on any atom is 0.197 e. The molecule has 0 bridgehead atoms. The standard InChI is InChI=1S/C90H58N8O2/c99-87-66-37-13-17-41-72(66)95(73-42-18-14-38-67(73)87)85-84(62-55-53-61(54-56-62)71-58-63(59-29-5-1-6-30-59)57-70(91-71)60-31-7-2-8-32-60)86(96-80-49-25-21-45-76(80)93(64-33-9-3-10-34-64)77-46-22-26-50-81(77)96)89(97-74-43-19-15-39-68(74)88(100)69-40-16-20-44-75(69)97)92-90(85)98-82-51-27-23-47-78(82)94(65-35-11-4-12-36-65)79-48-24-28-52-83(79)98/h1-58H. The molecule has 0 saturated heterocycles. The molecule has 100 heavy (non-hydrogen) atoms. The SMILES string of the molecule is O=c1c2ccccc2n(-c2nc(N3c4ccccc4N(c4ccccc4)c4ccccc43)c(-n3c4ccccc4c(=O)c4ccccc43)c(-c3ccc(-c4cc(-c5ccccc5)cc(-c5ccccc5)n4)cc3)c2N2c3ccccc3N(c3ccccc3)c3ccccc32)c2ccccc12. The third-order valence-electron chi connectivity index (χ3n) is 19.5. The first-order valence-corrected chi connectivity index (χ1v) is 33.6. The van der Waals surface area contributed by atoms with Crippen molar-refractivity contribution < 1.29 is 0 Å². The number of pyridine rings is 4. The molecule has 2 aliphatic rings. The lowest BCUT2D eigenvalue weighted by atomic mass is 9.94. The molecule has 10 nitrogen and oxygen atoms in total. The number of aromatic nitrogens is 4. The predicted molar refractivity (Wildman–Crippen MR) is 411 cm³/mol. The van der Waals surface area contributed by atoms with Crippen LogP contribution in [0.15, 0.2) is 361 Å². The first kappa shape index (κ1) is 57.7. The van der Waals surface area contributed by atoms with E-state index in [1.54, 1.807) is 0 Å². The maximum absolute atomic E-state index is 15.5. The second-order valence-electron chi connectivity index (χ2n) is 25.1. The number of para-hydroxylation sites is 14. The molecule has 2 aliphatic heterocycles. The van der Waals surface area contributed by atoms with Crippen LogP contribution in [0, 0.1) is 0 Å². The van der Waals surface area contributed by atoms with E-state index in [0.717, 1.165) is 102 Å². The fourth-order valence-corrected chi connectivity index (χ4v) is 15.1. The summed E-state index contributed by atoms with van der Waals surface area (Å²) in [7, 11) is 0. The molecule has 0 amide bonds. The topological polar surface area (TPSA) is 82.7 Å². The van der Waals surface area contributed by atoms with Gasteiger partial charge in [-0.05, 0) is 150 Å². The van der Waals surface area contributed by atoms with Crippen molar-refractivity contribution in [3.63, 3.8) is 0 Å². The fourth-order valence-electron chi connectivity index (χ4n) is 15.1. The lowest BCUT2D eigenvalue weighted by molar-refractivity contribution is 1.01. The third kappa shape index (κ3) is 9.19. The molecule has 10 heteroatoms. The average molecular weight is 1280 g/mol. The zero-order valence-corrected chi connectivity index (χ0v) is 53.9. The minimum absolute atomic E-state index is 0.0851. The molecule has 0 radical (unpaired) electrons. The summed E-state index contributed by atoms with van der Waals surface area (Å²) in [6, 6.07) is 121. The van der Waals surface area contributed by atoms with Crippen LogP contribution in [0.2, 0.25) is 0 Å². The van der Waals surface area contributed by atoms with E-state index in [9.17, 15) is 0 Å². The first-order chi connectivity index (χ1) is 49.5. The fraction of sp³-hybridized carbons (Fsp3) is 0. The molecular formula is C90H58N8O2. The number of fused-ring (bicyclic) bond motifs is 8. The second kappa shape index (κ2) is 23.6. The Morgan fingerprint density at radius 1 is 0.220 bits per heavy atom. The van der Waals surface area contributed by atoms with E-state index < -0.39 is 0 Å². The van der Waals surface area contributed by atoms with E-state index in [0.29, 0.717) is 66.6 Å². The van der Waals surface area contributed by atoms with Gasteiger partial charge in [0.1, 0.15) is 11.4 Å². The summed E-state index contributed by atoms with van der Waals surface area (Å²) in [4.78, 5) is 52.2. The molecule has 0 saturated carbocycles. The summed E-state index contributed by atoms with van der Waals surface area (Å²) in [5.74, 6) is 1.08. The Balaban J connectivity index is 1.04. The van der Waals surface area contributed by atoms with Gasteiger partial charge < -0.3 is 19.3 Å². The average Bonchev–Trinajstić information content (AvgIpc) is 0.695. The van der Waals surface area contributed by atoms with E-state index in [-0.39, 0.29) is 10.9 Å². The molecule has 4 aromatic heterocycles. The summed E-state index contributed by atoms with van der Waals surface area (Å²) < 4.78 is 4.50. The smallest absolute Gasteiger partial charge is 0.197 e. The van der Waals surface area contributed by atoms with E-state index in [4.69, 9.17) is 9.97 Å². The van der Waals surface area contributed by atoms with Crippen molar-refractivity contribution in [3.05, 3.63) is 372 Å². The summed E-state index contributed by atoms with van der Waals surface area (Å²) in [5.41, 5.74) is 20.3. The van der Waals surface area contributed by atoms with E-state index in [1.165, 1.54) is 0 Å². The molecule has 0 spiro atoms. The number of anilines is 12. The highest BCUT2D eigenvalue weighted by atomic mass is 16.1. The molecule has 6 heterocycles. The molecular weight excluding hydrogens is 1230 g/mol. The minimum atomic E-state index is -0.0877. The van der Waals surface area contributed by atoms with Crippen molar-refractivity contribution in [1.82, 2.24) is 19.1 Å². The van der Waals surface area contributed by atoms with Gasteiger partial charge in [0.15, 0.2) is 22.5 Å². The molecule has 470 valence electrons. The van der Waals surface area contributed by atoms with Crippen LogP contribution < -0.4 is 30.5 Å². The van der Waals surface area contributed by atoms with Crippen molar-refractivity contribution in [3.8, 4) is 56.3 Å². The van der Waals surface area contributed by atoms with E-state index in [2.05, 4.69) is 277 Å². The van der Waals surface area contributed by atoms with Gasteiger partial charge in [-0.1, -0.05) is 218 Å². The van der Waals surface area contributed by atoms with Crippen LogP contribution in [0.25, 0.3) is 99.9 Å². The Bertz CT molecular complexity index is 5970. The minimum Gasteiger partial charge on any atom is -0.306 e. The van der Waals surface area contributed by atoms with Crippen LogP contribution in [-0.4, -0.2) is 19.1 Å². The molecule has 19 rings (SSSR count). The summed E-state index contributed by atoms with van der Waals surface area (Å²) in [5, 5.41) is 2.14. The molecule has 0 atom stereocenters. The van der Waals surface area contributed by atoms with Gasteiger partial charge in [-0.3, -0.25) is 19.1 Å². The summed E-state index contributed by atoms with van der Waals surface area (Å²) >= 11 is 0. The number of hydrogen-bond donors (Lipinski definition) is 0. The van der Waals surface area contributed by atoms with Crippen LogP contribution in [0.3, 0.4) is 0 Å². The van der Waals surface area contributed by atoms with Gasteiger partial charge in [-0.15, -0.1) is 0 Å². The zero-order chi connectivity index (χ0) is 66.4. The van der Waals surface area contributed by atoms with Crippen LogP contribution in [0.5, 0.6) is 0 Å². The molecule has 13 aromatic carbocycles. The second-order valence-corrected chi connectivity index (χ2v) is 25.1. The number of benzene rings is 13. The van der Waals surface area contributed by atoms with Crippen LogP contribution in [0.4, 0.5) is 68.4 Å². The molecule has 17 aromatic rings. The molecule has 0 fully saturated rings. The highest BCUT2D eigenvalue weighted by Gasteiger charge is 2.40. The molecule has 0 aliphatic carbocycles. The van der Waals surface area contributed by atoms with Gasteiger partial charge in [0, 0.05) is 49.6 Å². The van der Waals surface area contributed by atoms with Gasteiger partial charge >= 0.3 is 0 Å². The summed E-state index contributed by atoms with van der Waals surface area (Å²) in [6.45, 7) is 0.